The molecule has 2 saturated heterocycles. The van der Waals surface area contributed by atoms with Crippen LogP contribution >= 0.6 is 0 Å². The molecule has 2 N–H and O–H groups in total. The number of hydrogen-bond donors (Lipinski definition) is 2. The predicted molar refractivity (Wildman–Crippen MR) is 81.4 cm³/mol. The zero-order valence-electron chi connectivity index (χ0n) is 12.2. The van der Waals surface area contributed by atoms with Crippen molar-refractivity contribution < 1.29 is 14.3 Å². The minimum atomic E-state index is -0.368. The Kier molecular flexibility index (Phi) is 3.15. The highest BCUT2D eigenvalue weighted by molar-refractivity contribution is 6.05. The lowest BCUT2D eigenvalue weighted by Gasteiger charge is -2.42. The first-order valence-corrected chi connectivity index (χ1v) is 7.58. The maximum absolute atomic E-state index is 11.9. The van der Waals surface area contributed by atoms with Crippen LogP contribution in [-0.4, -0.2) is 50.8 Å². The third kappa shape index (κ3) is 2.18. The molecule has 7 nitrogen and oxygen atoms in total. The summed E-state index contributed by atoms with van der Waals surface area (Å²) in [5.74, 6) is 0.583. The summed E-state index contributed by atoms with van der Waals surface area (Å²) in [6.45, 7) is 3.90. The molecule has 3 aliphatic rings. The van der Waals surface area contributed by atoms with Gasteiger partial charge >= 0.3 is 6.03 Å². The number of nitrogens with one attached hydrogen (secondary N) is 2. The SMILES string of the molecule is O=C1CCN(c2ccc3c(c2)OC[C@H]2CNCCN32)C(=O)N1. The number of fused-ring (bicyclic) bond motifs is 3. The molecule has 1 aromatic rings. The number of carbonyl (C=O) groups is 2. The van der Waals surface area contributed by atoms with Gasteiger partial charge in [-0.1, -0.05) is 0 Å². The van der Waals surface area contributed by atoms with E-state index in [2.05, 4.69) is 15.5 Å². The fourth-order valence-electron chi connectivity index (χ4n) is 3.25. The lowest BCUT2D eigenvalue weighted by molar-refractivity contribution is -0.120. The van der Waals surface area contributed by atoms with Gasteiger partial charge in [0, 0.05) is 44.4 Å². The van der Waals surface area contributed by atoms with E-state index in [-0.39, 0.29) is 11.9 Å². The number of amides is 3. The van der Waals surface area contributed by atoms with Crippen molar-refractivity contribution in [2.75, 3.05) is 42.6 Å². The van der Waals surface area contributed by atoms with E-state index in [9.17, 15) is 9.59 Å². The Bertz CT molecular complexity index is 633. The van der Waals surface area contributed by atoms with Gasteiger partial charge in [-0.05, 0) is 12.1 Å². The van der Waals surface area contributed by atoms with E-state index in [1.165, 1.54) is 0 Å². The lowest BCUT2D eigenvalue weighted by Crippen LogP contribution is -2.55. The second-order valence-electron chi connectivity index (χ2n) is 5.77. The van der Waals surface area contributed by atoms with E-state index in [1.807, 2.05) is 18.2 Å². The molecule has 3 aliphatic heterocycles. The van der Waals surface area contributed by atoms with Gasteiger partial charge in [-0.15, -0.1) is 0 Å². The van der Waals surface area contributed by atoms with E-state index >= 15 is 0 Å². The van der Waals surface area contributed by atoms with Crippen molar-refractivity contribution in [2.24, 2.45) is 0 Å². The molecule has 3 amide bonds. The van der Waals surface area contributed by atoms with Crippen molar-refractivity contribution >= 4 is 23.3 Å². The van der Waals surface area contributed by atoms with Crippen molar-refractivity contribution in [3.63, 3.8) is 0 Å². The summed E-state index contributed by atoms with van der Waals surface area (Å²) in [5, 5.41) is 5.71. The van der Waals surface area contributed by atoms with Crippen molar-refractivity contribution in [2.45, 2.75) is 12.5 Å². The third-order valence-electron chi connectivity index (χ3n) is 4.40. The minimum Gasteiger partial charge on any atom is -0.489 e. The summed E-state index contributed by atoms with van der Waals surface area (Å²) in [6, 6.07) is 5.81. The molecule has 7 heteroatoms. The Morgan fingerprint density at radius 1 is 1.23 bits per heavy atom. The number of ether oxygens (including phenoxy) is 1. The molecule has 22 heavy (non-hydrogen) atoms. The fraction of sp³-hybridized carbons (Fsp3) is 0.467. The third-order valence-corrected chi connectivity index (χ3v) is 4.40. The fourth-order valence-corrected chi connectivity index (χ4v) is 3.25. The number of rotatable bonds is 1. The van der Waals surface area contributed by atoms with Gasteiger partial charge in [-0.3, -0.25) is 15.0 Å². The molecule has 3 heterocycles. The number of benzene rings is 1. The van der Waals surface area contributed by atoms with Crippen LogP contribution in [0.1, 0.15) is 6.42 Å². The number of imide groups is 1. The maximum Gasteiger partial charge on any atom is 0.328 e. The van der Waals surface area contributed by atoms with Crippen LogP contribution in [0.25, 0.3) is 0 Å². The minimum absolute atomic E-state index is 0.223. The van der Waals surface area contributed by atoms with Gasteiger partial charge in [0.2, 0.25) is 5.91 Å². The van der Waals surface area contributed by atoms with Crippen LogP contribution in [0.3, 0.4) is 0 Å². The Morgan fingerprint density at radius 2 is 2.14 bits per heavy atom. The molecule has 0 aromatic heterocycles. The zero-order chi connectivity index (χ0) is 15.1. The molecular weight excluding hydrogens is 284 g/mol. The standard InChI is InChI=1S/C15H18N4O3/c20-14-3-5-19(15(21)17-14)10-1-2-12-13(7-10)22-9-11-8-16-4-6-18(11)12/h1-2,7,11,16H,3-6,8-9H2,(H,17,20,21)/t11-/m1/s1. The first-order valence-electron chi connectivity index (χ1n) is 7.58. The predicted octanol–water partition coefficient (Wildman–Crippen LogP) is 0.304. The molecule has 0 aliphatic carbocycles. The summed E-state index contributed by atoms with van der Waals surface area (Å²) in [6.07, 6.45) is 0.323. The number of carbonyl (C=O) groups excluding carboxylic acids is 2. The summed E-state index contributed by atoms with van der Waals surface area (Å²) < 4.78 is 5.87. The van der Waals surface area contributed by atoms with Crippen LogP contribution in [0.5, 0.6) is 5.75 Å². The molecule has 116 valence electrons. The van der Waals surface area contributed by atoms with Crippen LogP contribution in [0.2, 0.25) is 0 Å². The molecule has 0 bridgehead atoms. The van der Waals surface area contributed by atoms with Gasteiger partial charge in [0.1, 0.15) is 12.4 Å². The van der Waals surface area contributed by atoms with Crippen molar-refractivity contribution in [1.29, 1.82) is 0 Å². The van der Waals surface area contributed by atoms with Gasteiger partial charge in [-0.25, -0.2) is 4.79 Å². The molecule has 0 spiro atoms. The number of hydrogen-bond acceptors (Lipinski definition) is 5. The summed E-state index contributed by atoms with van der Waals surface area (Å²) >= 11 is 0. The smallest absolute Gasteiger partial charge is 0.328 e. The number of piperazine rings is 1. The maximum atomic E-state index is 11.9. The van der Waals surface area contributed by atoms with Gasteiger partial charge in [0.25, 0.3) is 0 Å². The van der Waals surface area contributed by atoms with E-state index in [0.29, 0.717) is 25.6 Å². The lowest BCUT2D eigenvalue weighted by atomic mass is 10.1. The Labute approximate surface area is 128 Å². The molecule has 2 fully saturated rings. The normalized spacial score (nSPS) is 24.3. The van der Waals surface area contributed by atoms with Crippen LogP contribution in [0, 0.1) is 0 Å². The van der Waals surface area contributed by atoms with Gasteiger partial charge in [0.15, 0.2) is 0 Å². The summed E-state index contributed by atoms with van der Waals surface area (Å²) in [5.41, 5.74) is 1.84. The molecule has 4 rings (SSSR count). The quantitative estimate of drug-likeness (QED) is 0.781. The van der Waals surface area contributed by atoms with Gasteiger partial charge in [0.05, 0.1) is 11.7 Å². The molecule has 1 aromatic carbocycles. The number of anilines is 2. The highest BCUT2D eigenvalue weighted by atomic mass is 16.5. The van der Waals surface area contributed by atoms with E-state index in [1.54, 1.807) is 4.90 Å². The average Bonchev–Trinajstić information content (AvgIpc) is 2.54. The zero-order valence-corrected chi connectivity index (χ0v) is 12.2. The monoisotopic (exact) mass is 302 g/mol. The molecular formula is C15H18N4O3. The Morgan fingerprint density at radius 3 is 3.00 bits per heavy atom. The van der Waals surface area contributed by atoms with Crippen molar-refractivity contribution in [3.05, 3.63) is 18.2 Å². The molecule has 1 atom stereocenters. The Hall–Kier alpha value is -2.28. The van der Waals surface area contributed by atoms with E-state index < -0.39 is 0 Å². The van der Waals surface area contributed by atoms with E-state index in [4.69, 9.17) is 4.74 Å². The summed E-state index contributed by atoms with van der Waals surface area (Å²) in [7, 11) is 0. The van der Waals surface area contributed by atoms with Gasteiger partial charge in [-0.2, -0.15) is 0 Å². The highest BCUT2D eigenvalue weighted by Crippen LogP contribution is 2.37. The Balaban J connectivity index is 1.62. The second kappa shape index (κ2) is 5.17. The van der Waals surface area contributed by atoms with Crippen LogP contribution < -0.4 is 25.2 Å². The molecule has 0 unspecified atom stereocenters. The van der Waals surface area contributed by atoms with Crippen LogP contribution in [0.15, 0.2) is 18.2 Å². The summed E-state index contributed by atoms with van der Waals surface area (Å²) in [4.78, 5) is 27.1. The largest absolute Gasteiger partial charge is 0.489 e. The van der Waals surface area contributed by atoms with Crippen LogP contribution in [-0.2, 0) is 4.79 Å². The molecule has 0 saturated carbocycles. The number of nitrogens with zero attached hydrogens (tertiary/aromatic N) is 2. The topological polar surface area (TPSA) is 73.9 Å². The first-order chi connectivity index (χ1) is 10.7. The van der Waals surface area contributed by atoms with Crippen molar-refractivity contribution in [1.82, 2.24) is 10.6 Å². The average molecular weight is 302 g/mol. The first kappa shape index (κ1) is 13.4. The highest BCUT2D eigenvalue weighted by Gasteiger charge is 2.31. The van der Waals surface area contributed by atoms with Gasteiger partial charge < -0.3 is 15.0 Å². The van der Waals surface area contributed by atoms with Crippen molar-refractivity contribution in [3.8, 4) is 5.75 Å². The number of urea groups is 1. The second-order valence-corrected chi connectivity index (χ2v) is 5.77. The van der Waals surface area contributed by atoms with E-state index in [0.717, 1.165) is 36.8 Å². The van der Waals surface area contributed by atoms with Crippen LogP contribution in [0.4, 0.5) is 16.2 Å². The molecule has 0 radical (unpaired) electrons.